The largest absolute Gasteiger partial charge is 0.375 e. The summed E-state index contributed by atoms with van der Waals surface area (Å²) in [6, 6.07) is 0. The van der Waals surface area contributed by atoms with E-state index in [0.29, 0.717) is 12.2 Å². The molecule has 0 heterocycles. The Hall–Kier alpha value is -0.0400. The Balaban J connectivity index is 3.22. The van der Waals surface area contributed by atoms with E-state index < -0.39 is 0 Å². The molecule has 0 aliphatic heterocycles. The molecule has 1 heteroatoms. The van der Waals surface area contributed by atoms with Crippen LogP contribution in [0.15, 0.2) is 0 Å². The molecule has 0 N–H and O–H groups in total. The lowest BCUT2D eigenvalue weighted by molar-refractivity contribution is 0.0244. The molecule has 0 aromatic carbocycles. The normalized spacial score (nSPS) is 17.3. The number of hydrogen-bond donors (Lipinski definition) is 0. The van der Waals surface area contributed by atoms with Gasteiger partial charge >= 0.3 is 0 Å². The van der Waals surface area contributed by atoms with Crippen molar-refractivity contribution in [2.75, 3.05) is 0 Å². The van der Waals surface area contributed by atoms with Crippen molar-refractivity contribution in [1.82, 2.24) is 0 Å². The molecule has 0 aromatic heterocycles. The zero-order valence-corrected chi connectivity index (χ0v) is 6.85. The monoisotopic (exact) mass is 129 g/mol. The van der Waals surface area contributed by atoms with Crippen LogP contribution in [0.1, 0.15) is 34.1 Å². The first-order valence-corrected chi connectivity index (χ1v) is 3.65. The van der Waals surface area contributed by atoms with Gasteiger partial charge in [-0.05, 0) is 26.7 Å². The molecular formula is C8H17O. The molecule has 9 heavy (non-hydrogen) atoms. The van der Waals surface area contributed by atoms with E-state index in [1.807, 2.05) is 6.92 Å². The molecule has 0 saturated carbocycles. The Morgan fingerprint density at radius 3 is 2.33 bits per heavy atom. The molecule has 55 valence electrons. The van der Waals surface area contributed by atoms with Crippen LogP contribution in [0.4, 0.5) is 0 Å². The number of ether oxygens (including phenoxy) is 1. The first-order chi connectivity index (χ1) is 4.20. The molecule has 1 radical (unpaired) electrons. The first-order valence-electron chi connectivity index (χ1n) is 3.65. The highest BCUT2D eigenvalue weighted by Crippen LogP contribution is 2.02. The van der Waals surface area contributed by atoms with Crippen LogP contribution in [0.25, 0.3) is 0 Å². The van der Waals surface area contributed by atoms with E-state index in [-0.39, 0.29) is 0 Å². The topological polar surface area (TPSA) is 9.23 Å². The molecule has 0 aromatic rings. The van der Waals surface area contributed by atoms with Crippen molar-refractivity contribution in [3.05, 3.63) is 6.42 Å². The minimum atomic E-state index is 0.306. The van der Waals surface area contributed by atoms with E-state index in [1.165, 1.54) is 0 Å². The maximum atomic E-state index is 5.49. The van der Waals surface area contributed by atoms with Gasteiger partial charge in [0.25, 0.3) is 0 Å². The van der Waals surface area contributed by atoms with Crippen molar-refractivity contribution >= 4 is 0 Å². The van der Waals surface area contributed by atoms with Crippen LogP contribution in [0.2, 0.25) is 0 Å². The molecule has 0 aliphatic rings. The summed E-state index contributed by atoms with van der Waals surface area (Å²) in [5, 5.41) is 0. The average molecular weight is 129 g/mol. The zero-order valence-electron chi connectivity index (χ0n) is 6.85. The Morgan fingerprint density at radius 1 is 1.44 bits per heavy atom. The summed E-state index contributed by atoms with van der Waals surface area (Å²) in [7, 11) is 0. The minimum Gasteiger partial charge on any atom is -0.375 e. The third-order valence-corrected chi connectivity index (χ3v) is 1.49. The second-order valence-electron chi connectivity index (χ2n) is 2.39. The van der Waals surface area contributed by atoms with Gasteiger partial charge in [0.15, 0.2) is 0 Å². The van der Waals surface area contributed by atoms with Crippen LogP contribution in [0.3, 0.4) is 0 Å². The highest BCUT2D eigenvalue weighted by Gasteiger charge is 2.02. The standard InChI is InChI=1S/C8H17O/c1-5-7(3)9-8(4)6-2/h5,7-8H,6H2,1-4H3. The van der Waals surface area contributed by atoms with Crippen molar-refractivity contribution in [3.8, 4) is 0 Å². The Morgan fingerprint density at radius 2 is 2.00 bits per heavy atom. The average Bonchev–Trinajstić information content (AvgIpc) is 1.87. The van der Waals surface area contributed by atoms with E-state index in [9.17, 15) is 0 Å². The van der Waals surface area contributed by atoms with Gasteiger partial charge in [-0.1, -0.05) is 13.8 Å². The van der Waals surface area contributed by atoms with Crippen LogP contribution in [-0.4, -0.2) is 12.2 Å². The summed E-state index contributed by atoms with van der Waals surface area (Å²) >= 11 is 0. The van der Waals surface area contributed by atoms with Crippen LogP contribution in [0.5, 0.6) is 0 Å². The molecule has 0 saturated heterocycles. The molecule has 0 rings (SSSR count). The highest BCUT2D eigenvalue weighted by atomic mass is 16.5. The van der Waals surface area contributed by atoms with E-state index in [4.69, 9.17) is 4.74 Å². The zero-order chi connectivity index (χ0) is 7.28. The molecule has 2 unspecified atom stereocenters. The molecule has 0 aliphatic carbocycles. The lowest BCUT2D eigenvalue weighted by atomic mass is 10.3. The van der Waals surface area contributed by atoms with Crippen molar-refractivity contribution in [3.63, 3.8) is 0 Å². The summed E-state index contributed by atoms with van der Waals surface area (Å²) in [5.41, 5.74) is 0. The minimum absolute atomic E-state index is 0.306. The van der Waals surface area contributed by atoms with Gasteiger partial charge in [0.1, 0.15) is 0 Å². The van der Waals surface area contributed by atoms with E-state index in [1.54, 1.807) is 0 Å². The van der Waals surface area contributed by atoms with Gasteiger partial charge in [0, 0.05) is 0 Å². The fourth-order valence-electron chi connectivity index (χ4n) is 0.541. The lowest BCUT2D eigenvalue weighted by Gasteiger charge is -2.15. The second kappa shape index (κ2) is 4.80. The third-order valence-electron chi connectivity index (χ3n) is 1.49. The predicted molar refractivity (Wildman–Crippen MR) is 40.3 cm³/mol. The Labute approximate surface area is 58.4 Å². The maximum Gasteiger partial charge on any atom is 0.0579 e. The Bertz CT molecular complexity index is 53.6. The van der Waals surface area contributed by atoms with Gasteiger partial charge in [-0.2, -0.15) is 0 Å². The smallest absolute Gasteiger partial charge is 0.0579 e. The van der Waals surface area contributed by atoms with Crippen molar-refractivity contribution in [2.45, 2.75) is 46.3 Å². The molecule has 2 atom stereocenters. The van der Waals surface area contributed by atoms with E-state index in [2.05, 4.69) is 27.2 Å². The summed E-state index contributed by atoms with van der Waals surface area (Å²) < 4.78 is 5.49. The predicted octanol–water partition coefficient (Wildman–Crippen LogP) is 2.41. The summed E-state index contributed by atoms with van der Waals surface area (Å²) in [6.45, 7) is 8.31. The fraction of sp³-hybridized carbons (Fsp3) is 0.875. The van der Waals surface area contributed by atoms with Gasteiger partial charge in [-0.25, -0.2) is 0 Å². The fourth-order valence-corrected chi connectivity index (χ4v) is 0.541. The van der Waals surface area contributed by atoms with Gasteiger partial charge in [0.2, 0.25) is 0 Å². The van der Waals surface area contributed by atoms with Crippen LogP contribution in [-0.2, 0) is 4.74 Å². The SMILES string of the molecule is C[CH]C(C)OC(C)CC. The molecule has 0 bridgehead atoms. The van der Waals surface area contributed by atoms with Crippen LogP contribution in [0, 0.1) is 6.42 Å². The second-order valence-corrected chi connectivity index (χ2v) is 2.39. The highest BCUT2D eigenvalue weighted by molar-refractivity contribution is 4.66. The number of rotatable bonds is 4. The number of hydrogen-bond acceptors (Lipinski definition) is 1. The van der Waals surface area contributed by atoms with Gasteiger partial charge in [-0.3, -0.25) is 0 Å². The molecule has 0 amide bonds. The molecular weight excluding hydrogens is 112 g/mol. The van der Waals surface area contributed by atoms with Gasteiger partial charge in [-0.15, -0.1) is 0 Å². The maximum absolute atomic E-state index is 5.49. The van der Waals surface area contributed by atoms with Crippen molar-refractivity contribution in [1.29, 1.82) is 0 Å². The summed E-state index contributed by atoms with van der Waals surface area (Å²) in [6.07, 6.45) is 3.86. The summed E-state index contributed by atoms with van der Waals surface area (Å²) in [5.74, 6) is 0. The molecule has 0 spiro atoms. The lowest BCUT2D eigenvalue weighted by Crippen LogP contribution is -2.15. The Kier molecular flexibility index (Phi) is 4.78. The first kappa shape index (κ1) is 8.96. The summed E-state index contributed by atoms with van der Waals surface area (Å²) in [4.78, 5) is 0. The molecule has 1 nitrogen and oxygen atoms in total. The van der Waals surface area contributed by atoms with Gasteiger partial charge < -0.3 is 4.74 Å². The third kappa shape index (κ3) is 4.46. The molecule has 0 fully saturated rings. The quantitative estimate of drug-likeness (QED) is 0.566. The van der Waals surface area contributed by atoms with E-state index >= 15 is 0 Å². The van der Waals surface area contributed by atoms with Crippen LogP contribution >= 0.6 is 0 Å². The van der Waals surface area contributed by atoms with Gasteiger partial charge in [0.05, 0.1) is 12.2 Å². The van der Waals surface area contributed by atoms with Crippen molar-refractivity contribution in [2.24, 2.45) is 0 Å². The van der Waals surface area contributed by atoms with Crippen LogP contribution < -0.4 is 0 Å². The van der Waals surface area contributed by atoms with E-state index in [0.717, 1.165) is 6.42 Å². The van der Waals surface area contributed by atoms with Crippen molar-refractivity contribution < 1.29 is 4.74 Å².